The van der Waals surface area contributed by atoms with Gasteiger partial charge in [-0.25, -0.2) is 0 Å². The Morgan fingerprint density at radius 1 is 0.308 bits per heavy atom. The molecule has 1 saturated heterocycles. The van der Waals surface area contributed by atoms with E-state index >= 15 is 0 Å². The van der Waals surface area contributed by atoms with Gasteiger partial charge < -0.3 is 19.1 Å². The molecular weight excluding hydrogens is 1020 g/mol. The highest BCUT2D eigenvalue weighted by Crippen LogP contribution is 2.52. The van der Waals surface area contributed by atoms with Crippen molar-refractivity contribution in [2.24, 2.45) is 0 Å². The van der Waals surface area contributed by atoms with E-state index in [1.807, 2.05) is 0 Å². The monoisotopic (exact) mass is 1080 g/mol. The third-order valence-corrected chi connectivity index (χ3v) is 17.4. The first kappa shape index (κ1) is 51.0. The lowest BCUT2D eigenvalue weighted by Gasteiger charge is -2.32. The summed E-state index contributed by atoms with van der Waals surface area (Å²) in [5, 5.41) is 0. The summed E-state index contributed by atoms with van der Waals surface area (Å²) in [5.41, 5.74) is 22.6. The van der Waals surface area contributed by atoms with Gasteiger partial charge in [-0.1, -0.05) is 201 Å². The van der Waals surface area contributed by atoms with Gasteiger partial charge in [0.05, 0.1) is 11.2 Å². The van der Waals surface area contributed by atoms with Crippen molar-refractivity contribution in [2.75, 3.05) is 9.80 Å². The Morgan fingerprint density at radius 3 is 1.01 bits per heavy atom. The molecule has 0 unspecified atom stereocenters. The van der Waals surface area contributed by atoms with E-state index in [9.17, 15) is 0 Å². The fourth-order valence-corrected chi connectivity index (χ4v) is 12.0. The van der Waals surface area contributed by atoms with Gasteiger partial charge in [0.2, 0.25) is 0 Å². The Morgan fingerprint density at radius 2 is 0.615 bits per heavy atom. The third kappa shape index (κ3) is 9.20. The molecule has 3 aliphatic rings. The Kier molecular flexibility index (Phi) is 13.0. The van der Waals surface area contributed by atoms with E-state index in [-0.39, 0.29) is 22.0 Å². The molecule has 1 aliphatic heterocycles. The van der Waals surface area contributed by atoms with E-state index < -0.39 is 7.12 Å². The molecule has 384 valence electrons. The molecule has 0 bridgehead atoms. The number of benzene rings is 10. The fraction of sp³-hybridized carbons (Fsp3) is 0.167. The topological polar surface area (TPSA) is 24.9 Å². The van der Waals surface area contributed by atoms with E-state index in [4.69, 9.17) is 9.31 Å². The van der Waals surface area contributed by atoms with Crippen LogP contribution in [0.15, 0.2) is 247 Å². The second-order valence-electron chi connectivity index (χ2n) is 23.0. The van der Waals surface area contributed by atoms with Crippen LogP contribution in [0.25, 0.3) is 44.5 Å². The molecule has 13 rings (SSSR count). The number of nitrogens with zero attached hydrogens (tertiary/aromatic N) is 2. The number of rotatable bonds is 9. The SMILES string of the molecule is CC1(C)c2ccccc2-c2ccc(N(c3ccc(B4OC(C)(C)C(C)(C)O4)cc3)c3ccc(-c4ccccc4)cc3)cc21.CC1(C)c2ccccc2-c2ccc(N(c3ccc(Br)cc3)c3ccc(-c4ccccc4)cc3)cc21. The highest BCUT2D eigenvalue weighted by atomic mass is 79.9. The molecule has 0 atom stereocenters. The minimum atomic E-state index is -0.392. The Labute approximate surface area is 470 Å². The lowest BCUT2D eigenvalue weighted by molar-refractivity contribution is 0.00578. The van der Waals surface area contributed by atoms with Crippen LogP contribution in [0.1, 0.15) is 77.6 Å². The molecule has 6 heteroatoms. The summed E-state index contributed by atoms with van der Waals surface area (Å²) in [7, 11) is -0.392. The maximum absolute atomic E-state index is 6.34. The lowest BCUT2D eigenvalue weighted by atomic mass is 9.79. The quantitative estimate of drug-likeness (QED) is 0.135. The normalized spacial score (nSPS) is 15.5. The molecule has 0 aromatic heterocycles. The zero-order valence-electron chi connectivity index (χ0n) is 45.8. The van der Waals surface area contributed by atoms with E-state index in [0.717, 1.165) is 38.4 Å². The smallest absolute Gasteiger partial charge is 0.399 e. The van der Waals surface area contributed by atoms with Crippen molar-refractivity contribution in [1.82, 2.24) is 0 Å². The molecule has 0 spiro atoms. The van der Waals surface area contributed by atoms with Crippen molar-refractivity contribution in [3.8, 4) is 44.5 Å². The number of fused-ring (bicyclic) bond motifs is 6. The Bertz CT molecular complexity index is 3780. The number of halogens is 1. The number of anilines is 6. The molecule has 10 aromatic carbocycles. The fourth-order valence-electron chi connectivity index (χ4n) is 11.8. The maximum atomic E-state index is 6.34. The van der Waals surface area contributed by atoms with E-state index in [0.29, 0.717) is 0 Å². The van der Waals surface area contributed by atoms with E-state index in [2.05, 4.69) is 324 Å². The highest BCUT2D eigenvalue weighted by molar-refractivity contribution is 9.10. The van der Waals surface area contributed by atoms with Crippen LogP contribution in [0.2, 0.25) is 0 Å². The largest absolute Gasteiger partial charge is 0.494 e. The van der Waals surface area contributed by atoms with Crippen molar-refractivity contribution in [3.05, 3.63) is 269 Å². The zero-order chi connectivity index (χ0) is 54.0. The average Bonchev–Trinajstić information content (AvgIpc) is 4.19. The van der Waals surface area contributed by atoms with Crippen LogP contribution in [-0.4, -0.2) is 18.3 Å². The van der Waals surface area contributed by atoms with Gasteiger partial charge in [-0.15, -0.1) is 0 Å². The molecule has 10 aromatic rings. The van der Waals surface area contributed by atoms with Gasteiger partial charge >= 0.3 is 7.12 Å². The van der Waals surface area contributed by atoms with Crippen LogP contribution in [0.5, 0.6) is 0 Å². The first-order valence-corrected chi connectivity index (χ1v) is 28.0. The summed E-state index contributed by atoms with van der Waals surface area (Å²) in [6.07, 6.45) is 0. The predicted octanol–water partition coefficient (Wildman–Crippen LogP) is 19.3. The summed E-state index contributed by atoms with van der Waals surface area (Å²) >= 11 is 3.60. The second-order valence-corrected chi connectivity index (χ2v) is 23.9. The molecule has 0 N–H and O–H groups in total. The molecule has 0 amide bonds. The van der Waals surface area contributed by atoms with Gasteiger partial charge in [-0.2, -0.15) is 0 Å². The molecule has 0 saturated carbocycles. The second kappa shape index (κ2) is 19.9. The van der Waals surface area contributed by atoms with Crippen LogP contribution in [0.4, 0.5) is 34.1 Å². The first-order chi connectivity index (χ1) is 37.6. The highest BCUT2D eigenvalue weighted by Gasteiger charge is 2.51. The average molecular weight is 1080 g/mol. The molecule has 2 aliphatic carbocycles. The van der Waals surface area contributed by atoms with E-state index in [1.165, 1.54) is 72.4 Å². The van der Waals surface area contributed by atoms with Crippen molar-refractivity contribution >= 4 is 62.6 Å². The zero-order valence-corrected chi connectivity index (χ0v) is 47.3. The summed E-state index contributed by atoms with van der Waals surface area (Å²) in [4.78, 5) is 4.70. The Balaban J connectivity index is 0.000000160. The van der Waals surface area contributed by atoms with Gasteiger partial charge in [0.15, 0.2) is 0 Å². The molecule has 4 nitrogen and oxygen atoms in total. The Hall–Kier alpha value is -7.74. The van der Waals surface area contributed by atoms with Crippen LogP contribution in [-0.2, 0) is 20.1 Å². The van der Waals surface area contributed by atoms with Crippen LogP contribution in [0.3, 0.4) is 0 Å². The van der Waals surface area contributed by atoms with Crippen molar-refractivity contribution in [1.29, 1.82) is 0 Å². The standard InChI is InChI=1S/C39H38BNO2.C33H26BrN/c1-37(2)35-15-11-10-14-33(35)34-25-24-32(26-36(34)37)41(30-20-16-28(17-21-30)27-12-8-7-9-13-27)31-22-18-29(19-23-31)40-42-38(3,4)39(5,6)43-40;1-33(2)31-11-7-6-10-29(31)30-21-20-28(22-32(30)33)35(27-18-14-25(34)15-19-27)26-16-12-24(13-17-26)23-8-4-3-5-9-23/h7-26H,1-6H3;3-22H,1-2H3. The summed E-state index contributed by atoms with van der Waals surface area (Å²) in [6.45, 7) is 17.7. The van der Waals surface area contributed by atoms with Crippen LogP contribution >= 0.6 is 15.9 Å². The molecule has 0 radical (unpaired) electrons. The summed E-state index contributed by atoms with van der Waals surface area (Å²) < 4.78 is 13.8. The molecule has 1 heterocycles. The molecule has 78 heavy (non-hydrogen) atoms. The van der Waals surface area contributed by atoms with Crippen molar-refractivity contribution in [2.45, 2.75) is 77.4 Å². The molecule has 1 fully saturated rings. The first-order valence-electron chi connectivity index (χ1n) is 27.2. The van der Waals surface area contributed by atoms with Crippen LogP contribution in [0, 0.1) is 0 Å². The van der Waals surface area contributed by atoms with Crippen molar-refractivity contribution < 1.29 is 9.31 Å². The summed E-state index contributed by atoms with van der Waals surface area (Å²) in [5.74, 6) is 0. The van der Waals surface area contributed by atoms with Gasteiger partial charge in [-0.05, 0) is 185 Å². The number of hydrogen-bond acceptors (Lipinski definition) is 4. The number of hydrogen-bond donors (Lipinski definition) is 0. The summed E-state index contributed by atoms with van der Waals surface area (Å²) in [6, 6.07) is 87.4. The predicted molar refractivity (Wildman–Crippen MR) is 332 cm³/mol. The van der Waals surface area contributed by atoms with E-state index in [1.54, 1.807) is 0 Å². The van der Waals surface area contributed by atoms with Crippen LogP contribution < -0.4 is 15.3 Å². The van der Waals surface area contributed by atoms with Gasteiger partial charge in [0, 0.05) is 49.4 Å². The van der Waals surface area contributed by atoms with Crippen molar-refractivity contribution in [3.63, 3.8) is 0 Å². The lowest BCUT2D eigenvalue weighted by Crippen LogP contribution is -2.41. The van der Waals surface area contributed by atoms with Gasteiger partial charge in [0.25, 0.3) is 0 Å². The maximum Gasteiger partial charge on any atom is 0.494 e. The molecular formula is C72H64BBrN2O2. The van der Waals surface area contributed by atoms with Gasteiger partial charge in [0.1, 0.15) is 0 Å². The minimum absolute atomic E-state index is 0.0372. The van der Waals surface area contributed by atoms with Gasteiger partial charge in [-0.3, -0.25) is 0 Å². The third-order valence-electron chi connectivity index (χ3n) is 16.9. The minimum Gasteiger partial charge on any atom is -0.399 e.